The van der Waals surface area contributed by atoms with Gasteiger partial charge in [-0.25, -0.2) is 4.98 Å². The highest BCUT2D eigenvalue weighted by molar-refractivity contribution is 8.00. The Labute approximate surface area is 151 Å². The summed E-state index contributed by atoms with van der Waals surface area (Å²) >= 11 is 1.36. The molecule has 25 heavy (non-hydrogen) atoms. The van der Waals surface area contributed by atoms with Crippen molar-refractivity contribution in [2.45, 2.75) is 30.7 Å². The minimum Gasteiger partial charge on any atom is -0.280 e. The Kier molecular flexibility index (Phi) is 5.50. The van der Waals surface area contributed by atoms with Crippen LogP contribution in [0.3, 0.4) is 0 Å². The molecule has 0 radical (unpaired) electrons. The second-order valence-corrected chi connectivity index (χ2v) is 6.83. The molecule has 5 nitrogen and oxygen atoms in total. The summed E-state index contributed by atoms with van der Waals surface area (Å²) in [5.74, 6) is 0.815. The predicted octanol–water partition coefficient (Wildman–Crippen LogP) is 4.21. The predicted molar refractivity (Wildman–Crippen MR) is 101 cm³/mol. The van der Waals surface area contributed by atoms with Gasteiger partial charge in [0.25, 0.3) is 0 Å². The topological polar surface area (TPSA) is 61.9 Å². The number of carbonyl (C=O) groups is 1. The first-order valence-corrected chi connectivity index (χ1v) is 9.09. The molecular formula is C19H20N4OS. The van der Waals surface area contributed by atoms with Crippen molar-refractivity contribution in [1.82, 2.24) is 15.2 Å². The summed E-state index contributed by atoms with van der Waals surface area (Å²) in [7, 11) is 0. The molecule has 3 aromatic rings. The van der Waals surface area contributed by atoms with E-state index < -0.39 is 0 Å². The van der Waals surface area contributed by atoms with Gasteiger partial charge in [0.05, 0.1) is 5.25 Å². The van der Waals surface area contributed by atoms with E-state index in [1.165, 1.54) is 11.8 Å². The fourth-order valence-corrected chi connectivity index (χ4v) is 3.22. The number of aromatic nitrogens is 3. The molecule has 0 saturated heterocycles. The van der Waals surface area contributed by atoms with Crippen molar-refractivity contribution in [3.8, 4) is 0 Å². The molecule has 0 saturated carbocycles. The minimum atomic E-state index is -0.319. The highest BCUT2D eigenvalue weighted by Crippen LogP contribution is 2.29. The molecule has 0 aliphatic heterocycles. The van der Waals surface area contributed by atoms with Gasteiger partial charge in [-0.2, -0.15) is 0 Å². The van der Waals surface area contributed by atoms with Crippen LogP contribution < -0.4 is 4.90 Å². The molecule has 2 aromatic carbocycles. The largest absolute Gasteiger partial charge is 0.280 e. The van der Waals surface area contributed by atoms with Crippen LogP contribution >= 0.6 is 11.8 Å². The number of aryl methyl sites for hydroxylation is 1. The maximum absolute atomic E-state index is 13.2. The monoisotopic (exact) mass is 352 g/mol. The summed E-state index contributed by atoms with van der Waals surface area (Å²) in [5, 5.41) is 7.33. The van der Waals surface area contributed by atoms with E-state index in [1.54, 1.807) is 4.90 Å². The molecule has 0 spiro atoms. The maximum Gasteiger partial charge on any atom is 0.244 e. The van der Waals surface area contributed by atoms with E-state index in [0.717, 1.165) is 23.6 Å². The molecule has 0 aliphatic rings. The molecule has 0 fully saturated rings. The number of rotatable bonds is 6. The molecular weight excluding hydrogens is 332 g/mol. The normalized spacial score (nSPS) is 11.9. The smallest absolute Gasteiger partial charge is 0.244 e. The molecule has 1 aromatic heterocycles. The highest BCUT2D eigenvalue weighted by atomic mass is 32.2. The summed E-state index contributed by atoms with van der Waals surface area (Å²) in [6.07, 6.45) is 0.788. The summed E-state index contributed by atoms with van der Waals surface area (Å²) in [4.78, 5) is 19.3. The van der Waals surface area contributed by atoms with Crippen molar-refractivity contribution in [1.29, 1.82) is 0 Å². The SMILES string of the molecule is CCc1nc(S[C@@H](C)C(=O)N(c2ccccc2)c2ccccc2)n[nH]1. The van der Waals surface area contributed by atoms with Gasteiger partial charge in [-0.05, 0) is 31.2 Å². The number of para-hydroxylation sites is 2. The quantitative estimate of drug-likeness (QED) is 0.675. The second-order valence-electron chi connectivity index (χ2n) is 5.52. The molecule has 128 valence electrons. The number of hydrogen-bond donors (Lipinski definition) is 1. The van der Waals surface area contributed by atoms with Crippen LogP contribution in [-0.4, -0.2) is 26.3 Å². The van der Waals surface area contributed by atoms with Crippen LogP contribution in [0.15, 0.2) is 65.8 Å². The van der Waals surface area contributed by atoms with Crippen LogP contribution in [0, 0.1) is 0 Å². The van der Waals surface area contributed by atoms with Gasteiger partial charge in [0.2, 0.25) is 11.1 Å². The van der Waals surface area contributed by atoms with E-state index in [0.29, 0.717) is 5.16 Å². The Morgan fingerprint density at radius 2 is 1.64 bits per heavy atom. The van der Waals surface area contributed by atoms with E-state index in [9.17, 15) is 4.79 Å². The van der Waals surface area contributed by atoms with Crippen LogP contribution in [-0.2, 0) is 11.2 Å². The fourth-order valence-electron chi connectivity index (χ4n) is 2.44. The number of nitrogens with zero attached hydrogens (tertiary/aromatic N) is 3. The van der Waals surface area contributed by atoms with Crippen molar-refractivity contribution in [3.63, 3.8) is 0 Å². The Bertz CT molecular complexity index is 780. The number of benzene rings is 2. The van der Waals surface area contributed by atoms with Crippen LogP contribution in [0.2, 0.25) is 0 Å². The van der Waals surface area contributed by atoms with E-state index in [4.69, 9.17) is 0 Å². The first kappa shape index (κ1) is 17.2. The number of nitrogens with one attached hydrogen (secondary N) is 1. The van der Waals surface area contributed by atoms with E-state index in [1.807, 2.05) is 74.5 Å². The van der Waals surface area contributed by atoms with Gasteiger partial charge >= 0.3 is 0 Å². The number of anilines is 2. The first-order chi connectivity index (χ1) is 12.2. The van der Waals surface area contributed by atoms with Gasteiger partial charge in [0.15, 0.2) is 0 Å². The average Bonchev–Trinajstić information content (AvgIpc) is 3.11. The summed E-state index contributed by atoms with van der Waals surface area (Å²) < 4.78 is 0. The maximum atomic E-state index is 13.2. The second kappa shape index (κ2) is 7.98. The molecule has 3 rings (SSSR count). The highest BCUT2D eigenvalue weighted by Gasteiger charge is 2.25. The van der Waals surface area contributed by atoms with Gasteiger partial charge in [-0.15, -0.1) is 5.10 Å². The molecule has 6 heteroatoms. The Morgan fingerprint density at radius 3 is 2.12 bits per heavy atom. The minimum absolute atomic E-state index is 0.00903. The number of carbonyl (C=O) groups excluding carboxylic acids is 1. The van der Waals surface area contributed by atoms with Crippen molar-refractivity contribution >= 4 is 29.0 Å². The fraction of sp³-hybridized carbons (Fsp3) is 0.211. The number of thioether (sulfide) groups is 1. The lowest BCUT2D eigenvalue weighted by molar-refractivity contribution is -0.117. The van der Waals surface area contributed by atoms with E-state index in [-0.39, 0.29) is 11.2 Å². The standard InChI is InChI=1S/C19H20N4OS/c1-3-17-20-19(22-21-17)25-14(2)18(24)23(15-10-6-4-7-11-15)16-12-8-5-9-13-16/h4-14H,3H2,1-2H3,(H,20,21,22)/t14-/m0/s1. The molecule has 1 atom stereocenters. The van der Waals surface area contributed by atoms with Crippen LogP contribution in [0.1, 0.15) is 19.7 Å². The zero-order chi connectivity index (χ0) is 17.6. The zero-order valence-electron chi connectivity index (χ0n) is 14.2. The van der Waals surface area contributed by atoms with Gasteiger partial charge in [0, 0.05) is 17.8 Å². The summed E-state index contributed by atoms with van der Waals surface area (Å²) in [6.45, 7) is 3.89. The molecule has 0 bridgehead atoms. The molecule has 1 N–H and O–H groups in total. The third-order valence-electron chi connectivity index (χ3n) is 3.73. The van der Waals surface area contributed by atoms with Gasteiger partial charge in [0.1, 0.15) is 5.82 Å². The van der Waals surface area contributed by atoms with Gasteiger partial charge < -0.3 is 0 Å². The van der Waals surface area contributed by atoms with E-state index >= 15 is 0 Å². The van der Waals surface area contributed by atoms with Crippen LogP contribution in [0.5, 0.6) is 0 Å². The van der Waals surface area contributed by atoms with Crippen LogP contribution in [0.4, 0.5) is 11.4 Å². The van der Waals surface area contributed by atoms with Crippen molar-refractivity contribution in [2.24, 2.45) is 0 Å². The zero-order valence-corrected chi connectivity index (χ0v) is 15.0. The third kappa shape index (κ3) is 4.09. The number of amides is 1. The van der Waals surface area contributed by atoms with Gasteiger partial charge in [-0.1, -0.05) is 55.1 Å². The Morgan fingerprint density at radius 1 is 1.08 bits per heavy atom. The molecule has 0 aliphatic carbocycles. The number of H-pyrrole nitrogens is 1. The van der Waals surface area contributed by atoms with Crippen molar-refractivity contribution in [3.05, 3.63) is 66.5 Å². The third-order valence-corrected chi connectivity index (χ3v) is 4.67. The molecule has 0 unspecified atom stereocenters. The summed E-state index contributed by atoms with van der Waals surface area (Å²) in [6, 6.07) is 19.3. The molecule has 1 heterocycles. The van der Waals surface area contributed by atoms with Gasteiger partial charge in [-0.3, -0.25) is 14.8 Å². The number of hydrogen-bond acceptors (Lipinski definition) is 4. The molecule has 1 amide bonds. The number of aromatic amines is 1. The van der Waals surface area contributed by atoms with Crippen molar-refractivity contribution < 1.29 is 4.79 Å². The summed E-state index contributed by atoms with van der Waals surface area (Å²) in [5.41, 5.74) is 1.69. The lowest BCUT2D eigenvalue weighted by Gasteiger charge is -2.25. The average molecular weight is 352 g/mol. The first-order valence-electron chi connectivity index (χ1n) is 8.21. The van der Waals surface area contributed by atoms with Crippen molar-refractivity contribution in [2.75, 3.05) is 4.90 Å². The lowest BCUT2D eigenvalue weighted by Crippen LogP contribution is -2.32. The Balaban J connectivity index is 1.86. The van der Waals surface area contributed by atoms with E-state index in [2.05, 4.69) is 15.2 Å². The van der Waals surface area contributed by atoms with Crippen LogP contribution in [0.25, 0.3) is 0 Å². The lowest BCUT2D eigenvalue weighted by atomic mass is 10.2. The Hall–Kier alpha value is -2.60.